The van der Waals surface area contributed by atoms with E-state index in [0.717, 1.165) is 13.1 Å². The lowest BCUT2D eigenvalue weighted by Crippen LogP contribution is -2.18. The first kappa shape index (κ1) is 16.0. The monoisotopic (exact) mass is 307 g/mol. The van der Waals surface area contributed by atoms with Gasteiger partial charge in [0.25, 0.3) is 0 Å². The average molecular weight is 307 g/mol. The summed E-state index contributed by atoms with van der Waals surface area (Å²) in [4.78, 5) is 2.60. The molecule has 4 heteroatoms. The van der Waals surface area contributed by atoms with Gasteiger partial charge >= 0.3 is 0 Å². The van der Waals surface area contributed by atoms with E-state index in [1.165, 1.54) is 27.5 Å². The number of rotatable bonds is 7. The molecule has 2 rings (SSSR count). The number of hydrogen-bond donors (Lipinski definition) is 1. The van der Waals surface area contributed by atoms with Crippen molar-refractivity contribution >= 4 is 11.3 Å². The molecule has 0 aliphatic carbocycles. The quantitative estimate of drug-likeness (QED) is 0.812. The third-order valence-corrected chi connectivity index (χ3v) is 4.22. The van der Waals surface area contributed by atoms with Gasteiger partial charge in [0.15, 0.2) is 0 Å². The first-order valence-electron chi connectivity index (χ1n) is 7.22. The van der Waals surface area contributed by atoms with Crippen LogP contribution in [0.2, 0.25) is 0 Å². The smallest absolute Gasteiger partial charge is 0.123 e. The lowest BCUT2D eigenvalue weighted by atomic mass is 10.2. The van der Waals surface area contributed by atoms with Gasteiger partial charge in [-0.3, -0.25) is 0 Å². The number of nitrogens with one attached hydrogen (secondary N) is 1. The Balaban J connectivity index is 1.88. The number of thiophene rings is 1. The lowest BCUT2D eigenvalue weighted by molar-refractivity contribution is 0.305. The second-order valence-electron chi connectivity index (χ2n) is 5.56. The van der Waals surface area contributed by atoms with Crippen molar-refractivity contribution in [2.24, 2.45) is 5.92 Å². The third kappa shape index (κ3) is 5.14. The maximum Gasteiger partial charge on any atom is 0.123 e. The SMILES string of the molecule is Cc1sc(CNCC(C)C)cc1COc1ccc(F)cc1. The normalized spacial score (nSPS) is 11.1. The van der Waals surface area contributed by atoms with E-state index in [1.54, 1.807) is 23.5 Å². The molecule has 0 saturated carbocycles. The predicted octanol–water partition coefficient (Wildman–Crippen LogP) is 4.52. The van der Waals surface area contributed by atoms with E-state index in [-0.39, 0.29) is 5.82 Å². The highest BCUT2D eigenvalue weighted by Gasteiger charge is 2.07. The summed E-state index contributed by atoms with van der Waals surface area (Å²) in [6.07, 6.45) is 0. The highest BCUT2D eigenvalue weighted by molar-refractivity contribution is 7.12. The lowest BCUT2D eigenvalue weighted by Gasteiger charge is -2.06. The largest absolute Gasteiger partial charge is 0.489 e. The van der Waals surface area contributed by atoms with Crippen molar-refractivity contribution in [3.8, 4) is 5.75 Å². The molecule has 2 nitrogen and oxygen atoms in total. The molecule has 0 aliphatic rings. The zero-order chi connectivity index (χ0) is 15.2. The Kier molecular flexibility index (Phi) is 5.76. The van der Waals surface area contributed by atoms with Crippen molar-refractivity contribution in [3.05, 3.63) is 51.5 Å². The minimum absolute atomic E-state index is 0.243. The van der Waals surface area contributed by atoms with Crippen molar-refractivity contribution in [2.75, 3.05) is 6.54 Å². The van der Waals surface area contributed by atoms with Gasteiger partial charge < -0.3 is 10.1 Å². The van der Waals surface area contributed by atoms with Crippen LogP contribution < -0.4 is 10.1 Å². The minimum atomic E-state index is -0.243. The van der Waals surface area contributed by atoms with Gasteiger partial charge in [-0.1, -0.05) is 13.8 Å². The number of benzene rings is 1. The van der Waals surface area contributed by atoms with Gasteiger partial charge in [0.2, 0.25) is 0 Å². The first-order valence-corrected chi connectivity index (χ1v) is 8.03. The average Bonchev–Trinajstić information content (AvgIpc) is 2.78. The molecule has 0 radical (unpaired) electrons. The second kappa shape index (κ2) is 7.57. The molecule has 1 aromatic carbocycles. The minimum Gasteiger partial charge on any atom is -0.489 e. The second-order valence-corrected chi connectivity index (χ2v) is 6.90. The van der Waals surface area contributed by atoms with Crippen LogP contribution in [0.5, 0.6) is 5.75 Å². The fraction of sp³-hybridized carbons (Fsp3) is 0.412. The first-order chi connectivity index (χ1) is 10.0. The fourth-order valence-electron chi connectivity index (χ4n) is 1.99. The van der Waals surface area contributed by atoms with E-state index < -0.39 is 0 Å². The summed E-state index contributed by atoms with van der Waals surface area (Å²) < 4.78 is 18.5. The summed E-state index contributed by atoms with van der Waals surface area (Å²) in [5, 5.41) is 3.45. The zero-order valence-electron chi connectivity index (χ0n) is 12.8. The van der Waals surface area contributed by atoms with Gasteiger partial charge in [-0.05, 0) is 49.7 Å². The molecule has 114 valence electrons. The molecule has 1 heterocycles. The molecular weight excluding hydrogens is 285 g/mol. The van der Waals surface area contributed by atoms with Crippen molar-refractivity contribution in [1.82, 2.24) is 5.32 Å². The number of ether oxygens (including phenoxy) is 1. The molecule has 0 unspecified atom stereocenters. The van der Waals surface area contributed by atoms with E-state index in [1.807, 2.05) is 0 Å². The Morgan fingerprint density at radius 1 is 1.24 bits per heavy atom. The zero-order valence-corrected chi connectivity index (χ0v) is 13.6. The Bertz CT molecular complexity index is 563. The highest BCUT2D eigenvalue weighted by atomic mass is 32.1. The molecule has 0 fully saturated rings. The maximum absolute atomic E-state index is 12.8. The summed E-state index contributed by atoms with van der Waals surface area (Å²) >= 11 is 1.80. The van der Waals surface area contributed by atoms with Crippen molar-refractivity contribution in [3.63, 3.8) is 0 Å². The molecule has 0 spiro atoms. The molecule has 1 N–H and O–H groups in total. The van der Waals surface area contributed by atoms with E-state index in [2.05, 4.69) is 32.2 Å². The van der Waals surface area contributed by atoms with Crippen molar-refractivity contribution in [2.45, 2.75) is 33.9 Å². The Labute approximate surface area is 130 Å². The van der Waals surface area contributed by atoms with Gasteiger partial charge in [-0.2, -0.15) is 0 Å². The van der Waals surface area contributed by atoms with Crippen LogP contribution in [0.1, 0.15) is 29.2 Å². The number of halogens is 1. The summed E-state index contributed by atoms with van der Waals surface area (Å²) in [6, 6.07) is 8.33. The Morgan fingerprint density at radius 3 is 2.62 bits per heavy atom. The summed E-state index contributed by atoms with van der Waals surface area (Å²) in [5.74, 6) is 1.11. The van der Waals surface area contributed by atoms with Crippen LogP contribution in [0.25, 0.3) is 0 Å². The molecule has 0 amide bonds. The Hall–Kier alpha value is -1.39. The van der Waals surface area contributed by atoms with Crippen LogP contribution >= 0.6 is 11.3 Å². The van der Waals surface area contributed by atoms with Crippen LogP contribution in [0, 0.1) is 18.7 Å². The van der Waals surface area contributed by atoms with Gasteiger partial charge in [-0.15, -0.1) is 11.3 Å². The molecule has 0 saturated heterocycles. The van der Waals surface area contributed by atoms with Crippen LogP contribution in [-0.4, -0.2) is 6.54 Å². The standard InChI is InChI=1S/C17H22FNOS/c1-12(2)9-19-10-17-8-14(13(3)21-17)11-20-16-6-4-15(18)5-7-16/h4-8,12,19H,9-11H2,1-3H3. The van der Waals surface area contributed by atoms with Crippen LogP contribution in [0.3, 0.4) is 0 Å². The fourth-order valence-corrected chi connectivity index (χ4v) is 3.01. The summed E-state index contributed by atoms with van der Waals surface area (Å²) in [7, 11) is 0. The highest BCUT2D eigenvalue weighted by Crippen LogP contribution is 2.23. The van der Waals surface area contributed by atoms with Gasteiger partial charge in [-0.25, -0.2) is 4.39 Å². The topological polar surface area (TPSA) is 21.3 Å². The van der Waals surface area contributed by atoms with Crippen LogP contribution in [0.4, 0.5) is 4.39 Å². The number of hydrogen-bond acceptors (Lipinski definition) is 3. The van der Waals surface area contributed by atoms with E-state index in [4.69, 9.17) is 4.74 Å². The molecule has 0 atom stereocenters. The van der Waals surface area contributed by atoms with Crippen LogP contribution in [-0.2, 0) is 13.2 Å². The van der Waals surface area contributed by atoms with E-state index in [9.17, 15) is 4.39 Å². The molecular formula is C17H22FNOS. The van der Waals surface area contributed by atoms with Gasteiger partial charge in [0.1, 0.15) is 18.2 Å². The van der Waals surface area contributed by atoms with Crippen LogP contribution in [0.15, 0.2) is 30.3 Å². The molecule has 0 bridgehead atoms. The van der Waals surface area contributed by atoms with E-state index >= 15 is 0 Å². The maximum atomic E-state index is 12.8. The third-order valence-electron chi connectivity index (χ3n) is 3.13. The van der Waals surface area contributed by atoms with Crippen molar-refractivity contribution < 1.29 is 9.13 Å². The Morgan fingerprint density at radius 2 is 1.95 bits per heavy atom. The van der Waals surface area contributed by atoms with Crippen molar-refractivity contribution in [1.29, 1.82) is 0 Å². The summed E-state index contributed by atoms with van der Waals surface area (Å²) in [6.45, 7) is 8.97. The van der Waals surface area contributed by atoms with E-state index in [0.29, 0.717) is 18.3 Å². The van der Waals surface area contributed by atoms with Gasteiger partial charge in [0, 0.05) is 21.9 Å². The molecule has 2 aromatic rings. The number of aryl methyl sites for hydroxylation is 1. The molecule has 21 heavy (non-hydrogen) atoms. The molecule has 1 aromatic heterocycles. The predicted molar refractivity (Wildman–Crippen MR) is 86.3 cm³/mol. The van der Waals surface area contributed by atoms with Gasteiger partial charge in [0.05, 0.1) is 0 Å². The molecule has 0 aliphatic heterocycles. The summed E-state index contributed by atoms with van der Waals surface area (Å²) in [5.41, 5.74) is 1.20.